The minimum atomic E-state index is -4.05. The minimum Gasteiger partial charge on any atom is -0.469 e. The molecule has 0 saturated heterocycles. The topological polar surface area (TPSA) is 107 Å². The molecule has 0 bridgehead atoms. The zero-order valence-electron chi connectivity index (χ0n) is 21.2. The summed E-state index contributed by atoms with van der Waals surface area (Å²) in [5.74, 6) is -2.11. The number of hydrogen-bond acceptors (Lipinski definition) is 7. The fourth-order valence-corrected chi connectivity index (χ4v) is 7.09. The van der Waals surface area contributed by atoms with Crippen molar-refractivity contribution in [3.8, 4) is 0 Å². The largest absolute Gasteiger partial charge is 0.469 e. The van der Waals surface area contributed by atoms with Crippen molar-refractivity contribution in [3.05, 3.63) is 40.9 Å². The Labute approximate surface area is 227 Å². The molecule has 2 aliphatic carbocycles. The van der Waals surface area contributed by atoms with Crippen LogP contribution in [0.3, 0.4) is 0 Å². The van der Waals surface area contributed by atoms with Gasteiger partial charge in [0.05, 0.1) is 23.5 Å². The van der Waals surface area contributed by atoms with Crippen LogP contribution in [0.25, 0.3) is 0 Å². The van der Waals surface area contributed by atoms with Crippen LogP contribution in [0.1, 0.15) is 51.4 Å². The van der Waals surface area contributed by atoms with Gasteiger partial charge in [-0.15, -0.1) is 0 Å². The van der Waals surface area contributed by atoms with E-state index >= 15 is 0 Å². The Morgan fingerprint density at radius 3 is 2.54 bits per heavy atom. The highest BCUT2D eigenvalue weighted by atomic mass is 79.9. The van der Waals surface area contributed by atoms with E-state index in [9.17, 15) is 22.8 Å². The molecular formula is C27H34BrNO7S. The van der Waals surface area contributed by atoms with Gasteiger partial charge >= 0.3 is 5.97 Å². The van der Waals surface area contributed by atoms with Crippen molar-refractivity contribution in [2.75, 3.05) is 20.7 Å². The van der Waals surface area contributed by atoms with Crippen LogP contribution in [0.15, 0.2) is 45.8 Å². The van der Waals surface area contributed by atoms with Crippen LogP contribution in [0.4, 0.5) is 0 Å². The summed E-state index contributed by atoms with van der Waals surface area (Å²) in [6.07, 6.45) is 7.23. The van der Waals surface area contributed by atoms with Gasteiger partial charge in [0.1, 0.15) is 5.78 Å². The molecule has 3 aliphatic rings. The van der Waals surface area contributed by atoms with E-state index in [0.717, 1.165) is 23.7 Å². The van der Waals surface area contributed by atoms with E-state index in [1.807, 2.05) is 12.2 Å². The van der Waals surface area contributed by atoms with E-state index in [2.05, 4.69) is 15.9 Å². The van der Waals surface area contributed by atoms with Gasteiger partial charge in [0.2, 0.25) is 5.91 Å². The van der Waals surface area contributed by atoms with Gasteiger partial charge < -0.3 is 9.64 Å². The molecular weight excluding hydrogens is 562 g/mol. The van der Waals surface area contributed by atoms with Crippen LogP contribution in [0.2, 0.25) is 0 Å². The molecule has 1 heterocycles. The summed E-state index contributed by atoms with van der Waals surface area (Å²) in [5, 5.41) is 0. The Morgan fingerprint density at radius 2 is 1.84 bits per heavy atom. The van der Waals surface area contributed by atoms with Gasteiger partial charge in [0.25, 0.3) is 10.1 Å². The van der Waals surface area contributed by atoms with Crippen molar-refractivity contribution in [2.24, 2.45) is 23.2 Å². The van der Waals surface area contributed by atoms with Crippen LogP contribution < -0.4 is 0 Å². The Balaban J connectivity index is 1.59. The number of fused-ring (bicyclic) bond motifs is 2. The molecule has 1 aromatic rings. The highest BCUT2D eigenvalue weighted by Crippen LogP contribution is 2.58. The molecule has 202 valence electrons. The van der Waals surface area contributed by atoms with Crippen molar-refractivity contribution in [1.29, 1.82) is 0 Å². The number of benzene rings is 1. The number of hydrogen-bond donors (Lipinski definition) is 0. The number of carbonyl (C=O) groups is 3. The molecule has 0 unspecified atom stereocenters. The average Bonchev–Trinajstić information content (AvgIpc) is 3.57. The van der Waals surface area contributed by atoms with Gasteiger partial charge in [0, 0.05) is 36.3 Å². The number of ketones is 1. The smallest absolute Gasteiger partial charge is 0.312 e. The van der Waals surface area contributed by atoms with Crippen LogP contribution in [-0.2, 0) is 33.4 Å². The molecule has 37 heavy (non-hydrogen) atoms. The number of ether oxygens (including phenoxy) is 1. The molecule has 1 aromatic carbocycles. The van der Waals surface area contributed by atoms with Gasteiger partial charge in [-0.2, -0.15) is 8.42 Å². The Bertz CT molecular complexity index is 1170. The summed E-state index contributed by atoms with van der Waals surface area (Å²) in [7, 11) is -0.975. The molecule has 10 heteroatoms. The van der Waals surface area contributed by atoms with Crippen LogP contribution in [-0.4, -0.2) is 57.8 Å². The van der Waals surface area contributed by atoms with E-state index in [1.54, 1.807) is 24.1 Å². The molecule has 1 aliphatic heterocycles. The maximum atomic E-state index is 13.7. The second-order valence-electron chi connectivity index (χ2n) is 10.4. The van der Waals surface area contributed by atoms with Crippen LogP contribution in [0, 0.1) is 23.2 Å². The second-order valence-corrected chi connectivity index (χ2v) is 12.9. The standard InChI is InChI=1S/C27H34BrNO7S/c1-29-14-6-4-3-5-7-18-16-27(18,26(32)35-2)17-24(30)23-15-20(10-13-22(23)25(29)31)36-37(33,34)21-11-8-19(28)9-12-21/h5,7-9,11-12,18,20,22-23H,3-4,6,10,13-17H2,1-2H3/b7-5-/t18-,20-,22-,23-,27-/m1/s1. The number of Topliss-reactive ketones (excluding diaryl/α,β-unsaturated/α-hetero) is 1. The van der Waals surface area contributed by atoms with E-state index in [0.29, 0.717) is 25.8 Å². The maximum absolute atomic E-state index is 13.7. The van der Waals surface area contributed by atoms with Crippen molar-refractivity contribution in [3.63, 3.8) is 0 Å². The molecule has 2 saturated carbocycles. The summed E-state index contributed by atoms with van der Waals surface area (Å²) in [6.45, 7) is 0.595. The predicted molar refractivity (Wildman–Crippen MR) is 140 cm³/mol. The van der Waals surface area contributed by atoms with Crippen molar-refractivity contribution in [2.45, 2.75) is 62.4 Å². The molecule has 0 radical (unpaired) electrons. The Morgan fingerprint density at radius 1 is 1.11 bits per heavy atom. The summed E-state index contributed by atoms with van der Waals surface area (Å²) in [5.41, 5.74) is -0.913. The number of methoxy groups -OCH3 is 1. The first kappa shape index (κ1) is 28.0. The SMILES string of the molecule is COC(=O)[C@]12CC(=O)[C@@H]3C[C@H](OS(=O)(=O)c4ccc(Br)cc4)CC[C@H]3C(=O)N(C)CCCC/C=C\[C@@H]1C2. The normalized spacial score (nSPS) is 32.0. The fraction of sp³-hybridized carbons (Fsp3) is 0.593. The molecule has 8 nitrogen and oxygen atoms in total. The Hall–Kier alpha value is -2.04. The molecule has 0 aromatic heterocycles. The van der Waals surface area contributed by atoms with Crippen molar-refractivity contribution >= 4 is 43.7 Å². The third kappa shape index (κ3) is 6.17. The first-order valence-corrected chi connectivity index (χ1v) is 15.0. The number of carbonyl (C=O) groups excluding carboxylic acids is 3. The highest BCUT2D eigenvalue weighted by Gasteiger charge is 2.61. The summed E-state index contributed by atoms with van der Waals surface area (Å²) < 4.78 is 37.2. The molecule has 0 N–H and O–H groups in total. The first-order valence-electron chi connectivity index (χ1n) is 12.8. The summed E-state index contributed by atoms with van der Waals surface area (Å²) in [6, 6.07) is 6.15. The van der Waals surface area contributed by atoms with Gasteiger partial charge in [-0.25, -0.2) is 0 Å². The number of nitrogens with zero attached hydrogens (tertiary/aromatic N) is 1. The number of amides is 1. The van der Waals surface area contributed by atoms with E-state index in [-0.39, 0.29) is 35.3 Å². The molecule has 4 rings (SSSR count). The van der Waals surface area contributed by atoms with Crippen molar-refractivity contribution in [1.82, 2.24) is 4.90 Å². The van der Waals surface area contributed by atoms with Gasteiger partial charge in [-0.1, -0.05) is 28.1 Å². The molecule has 1 amide bonds. The average molecular weight is 597 g/mol. The number of esters is 1. The predicted octanol–water partition coefficient (Wildman–Crippen LogP) is 4.28. The van der Waals surface area contributed by atoms with Gasteiger partial charge in [-0.3, -0.25) is 18.6 Å². The van der Waals surface area contributed by atoms with Crippen molar-refractivity contribution < 1.29 is 31.7 Å². The zero-order valence-corrected chi connectivity index (χ0v) is 23.6. The quantitative estimate of drug-likeness (QED) is 0.290. The van der Waals surface area contributed by atoms with Crippen LogP contribution in [0.5, 0.6) is 0 Å². The van der Waals surface area contributed by atoms with E-state index < -0.39 is 39.4 Å². The number of allylic oxidation sites excluding steroid dienone is 2. The Kier molecular flexibility index (Phi) is 8.60. The molecule has 2 fully saturated rings. The zero-order chi connectivity index (χ0) is 26.8. The van der Waals surface area contributed by atoms with E-state index in [1.165, 1.54) is 19.2 Å². The minimum absolute atomic E-state index is 0.0287. The summed E-state index contributed by atoms with van der Waals surface area (Å²) >= 11 is 3.29. The number of rotatable bonds is 4. The highest BCUT2D eigenvalue weighted by molar-refractivity contribution is 9.10. The fourth-order valence-electron chi connectivity index (χ4n) is 5.71. The molecule has 0 spiro atoms. The summed E-state index contributed by atoms with van der Waals surface area (Å²) in [4.78, 5) is 41.6. The maximum Gasteiger partial charge on any atom is 0.312 e. The lowest BCUT2D eigenvalue weighted by Gasteiger charge is -2.36. The second kappa shape index (κ2) is 11.4. The lowest BCUT2D eigenvalue weighted by Crippen LogP contribution is -2.45. The van der Waals surface area contributed by atoms with Gasteiger partial charge in [0.15, 0.2) is 0 Å². The van der Waals surface area contributed by atoms with Gasteiger partial charge in [-0.05, 0) is 75.1 Å². The third-order valence-corrected chi connectivity index (χ3v) is 9.88. The lowest BCUT2D eigenvalue weighted by molar-refractivity contribution is -0.151. The first-order chi connectivity index (χ1) is 17.6. The van der Waals surface area contributed by atoms with E-state index in [4.69, 9.17) is 8.92 Å². The number of halogens is 1. The lowest BCUT2D eigenvalue weighted by atomic mass is 9.72. The third-order valence-electron chi connectivity index (χ3n) is 7.97. The monoisotopic (exact) mass is 595 g/mol. The molecule has 5 atom stereocenters. The van der Waals surface area contributed by atoms with Crippen LogP contribution >= 0.6 is 15.9 Å².